The largest absolute Gasteiger partial charge is 0.495 e. The zero-order chi connectivity index (χ0) is 13.6. The van der Waals surface area contributed by atoms with Gasteiger partial charge in [-0.1, -0.05) is 44.2 Å². The zero-order valence-electron chi connectivity index (χ0n) is 12.0. The Hall–Kier alpha value is -1.22. The second kappa shape index (κ2) is 6.80. The Morgan fingerprint density at radius 2 is 1.74 bits per heavy atom. The molecular weight excluding hydrogens is 236 g/mol. The number of benzene rings is 1. The van der Waals surface area contributed by atoms with Gasteiger partial charge in [-0.2, -0.15) is 0 Å². The molecule has 19 heavy (non-hydrogen) atoms. The smallest absolute Gasteiger partial charge is 0.141 e. The highest BCUT2D eigenvalue weighted by Crippen LogP contribution is 2.33. The molecule has 0 amide bonds. The Morgan fingerprint density at radius 3 is 2.37 bits per heavy atom. The van der Waals surface area contributed by atoms with Crippen molar-refractivity contribution in [1.29, 1.82) is 0 Å². The maximum atomic E-state index is 6.09. The summed E-state index contributed by atoms with van der Waals surface area (Å²) in [6.45, 7) is 0.686. The Balaban J connectivity index is 2.15. The molecule has 0 aromatic heterocycles. The van der Waals surface area contributed by atoms with E-state index in [-0.39, 0.29) is 5.54 Å². The fourth-order valence-electron chi connectivity index (χ4n) is 3.00. The number of hydrogen-bond acceptors (Lipinski definition) is 3. The van der Waals surface area contributed by atoms with Crippen molar-refractivity contribution in [3.63, 3.8) is 0 Å². The molecule has 1 aromatic rings. The van der Waals surface area contributed by atoms with E-state index in [0.717, 1.165) is 24.3 Å². The Labute approximate surface area is 116 Å². The van der Waals surface area contributed by atoms with Gasteiger partial charge < -0.3 is 15.8 Å². The van der Waals surface area contributed by atoms with Gasteiger partial charge in [0, 0.05) is 12.1 Å². The molecule has 0 unspecified atom stereocenters. The summed E-state index contributed by atoms with van der Waals surface area (Å²) in [6, 6.07) is 8.11. The van der Waals surface area contributed by atoms with Gasteiger partial charge in [0.05, 0.1) is 12.8 Å². The van der Waals surface area contributed by atoms with Crippen molar-refractivity contribution in [1.82, 2.24) is 0 Å². The van der Waals surface area contributed by atoms with Crippen LogP contribution in [0.5, 0.6) is 5.75 Å². The topological polar surface area (TPSA) is 47.3 Å². The third kappa shape index (κ3) is 3.63. The SMILES string of the molecule is COc1ccccc1NC1(CN)CCCCCCC1. The third-order valence-corrected chi connectivity index (χ3v) is 4.21. The van der Waals surface area contributed by atoms with Crippen molar-refractivity contribution >= 4 is 5.69 Å². The van der Waals surface area contributed by atoms with E-state index >= 15 is 0 Å². The highest BCUT2D eigenvalue weighted by Gasteiger charge is 2.29. The summed E-state index contributed by atoms with van der Waals surface area (Å²) >= 11 is 0. The lowest BCUT2D eigenvalue weighted by atomic mass is 9.83. The lowest BCUT2D eigenvalue weighted by Crippen LogP contribution is -2.46. The molecule has 0 radical (unpaired) electrons. The average Bonchev–Trinajstić information content (AvgIpc) is 2.42. The first-order valence-electron chi connectivity index (χ1n) is 7.41. The van der Waals surface area contributed by atoms with E-state index in [2.05, 4.69) is 11.4 Å². The van der Waals surface area contributed by atoms with Crippen molar-refractivity contribution in [2.24, 2.45) is 5.73 Å². The molecule has 0 saturated heterocycles. The van der Waals surface area contributed by atoms with Crippen LogP contribution in [0.1, 0.15) is 44.9 Å². The molecule has 3 nitrogen and oxygen atoms in total. The minimum Gasteiger partial charge on any atom is -0.495 e. The Bertz CT molecular complexity index is 384. The third-order valence-electron chi connectivity index (χ3n) is 4.21. The maximum absolute atomic E-state index is 6.09. The molecule has 0 bridgehead atoms. The normalized spacial score (nSPS) is 19.3. The van der Waals surface area contributed by atoms with Crippen LogP contribution in [0.2, 0.25) is 0 Å². The van der Waals surface area contributed by atoms with Crippen LogP contribution >= 0.6 is 0 Å². The van der Waals surface area contributed by atoms with Crippen molar-refractivity contribution < 1.29 is 4.74 Å². The van der Waals surface area contributed by atoms with Gasteiger partial charge in [-0.3, -0.25) is 0 Å². The van der Waals surface area contributed by atoms with E-state index in [1.54, 1.807) is 7.11 Å². The van der Waals surface area contributed by atoms with E-state index in [9.17, 15) is 0 Å². The van der Waals surface area contributed by atoms with Crippen LogP contribution in [0.15, 0.2) is 24.3 Å². The molecule has 0 heterocycles. The minimum atomic E-state index is 0.0368. The van der Waals surface area contributed by atoms with Gasteiger partial charge in [0.25, 0.3) is 0 Å². The highest BCUT2D eigenvalue weighted by atomic mass is 16.5. The molecule has 0 atom stereocenters. The number of nitrogens with two attached hydrogens (primary N) is 1. The van der Waals surface area contributed by atoms with Crippen LogP contribution in [0.3, 0.4) is 0 Å². The average molecular weight is 262 g/mol. The van der Waals surface area contributed by atoms with E-state index in [1.807, 2.05) is 18.2 Å². The van der Waals surface area contributed by atoms with E-state index in [1.165, 1.54) is 32.1 Å². The summed E-state index contributed by atoms with van der Waals surface area (Å²) in [5, 5.41) is 3.68. The molecule has 2 rings (SSSR count). The van der Waals surface area contributed by atoms with Crippen LogP contribution in [0, 0.1) is 0 Å². The number of anilines is 1. The number of ether oxygens (including phenoxy) is 1. The summed E-state index contributed by atoms with van der Waals surface area (Å²) in [5.41, 5.74) is 7.20. The lowest BCUT2D eigenvalue weighted by Gasteiger charge is -2.36. The van der Waals surface area contributed by atoms with Crippen LogP contribution in [-0.2, 0) is 0 Å². The van der Waals surface area contributed by atoms with E-state index in [0.29, 0.717) is 6.54 Å². The molecule has 106 valence electrons. The summed E-state index contributed by atoms with van der Waals surface area (Å²) in [4.78, 5) is 0. The van der Waals surface area contributed by atoms with Crippen molar-refractivity contribution in [3.05, 3.63) is 24.3 Å². The molecule has 1 aromatic carbocycles. The van der Waals surface area contributed by atoms with Gasteiger partial charge in [0.1, 0.15) is 5.75 Å². The van der Waals surface area contributed by atoms with Gasteiger partial charge in [-0.15, -0.1) is 0 Å². The summed E-state index contributed by atoms with van der Waals surface area (Å²) < 4.78 is 5.43. The van der Waals surface area contributed by atoms with Crippen LogP contribution < -0.4 is 15.8 Å². The molecule has 1 fully saturated rings. The van der Waals surface area contributed by atoms with Crippen molar-refractivity contribution in [3.8, 4) is 5.75 Å². The fourth-order valence-corrected chi connectivity index (χ4v) is 3.00. The molecular formula is C16H26N2O. The number of rotatable bonds is 4. The first kappa shape index (κ1) is 14.2. The van der Waals surface area contributed by atoms with Gasteiger partial charge in [-0.05, 0) is 25.0 Å². The lowest BCUT2D eigenvalue weighted by molar-refractivity contribution is 0.348. The zero-order valence-corrected chi connectivity index (χ0v) is 12.0. The van der Waals surface area contributed by atoms with Crippen LogP contribution in [-0.4, -0.2) is 19.2 Å². The minimum absolute atomic E-state index is 0.0368. The second-order valence-electron chi connectivity index (χ2n) is 5.58. The number of methoxy groups -OCH3 is 1. The van der Waals surface area contributed by atoms with Gasteiger partial charge >= 0.3 is 0 Å². The van der Waals surface area contributed by atoms with Gasteiger partial charge in [0.15, 0.2) is 0 Å². The molecule has 1 saturated carbocycles. The monoisotopic (exact) mass is 262 g/mol. The highest BCUT2D eigenvalue weighted by molar-refractivity contribution is 5.57. The fraction of sp³-hybridized carbons (Fsp3) is 0.625. The van der Waals surface area contributed by atoms with E-state index < -0.39 is 0 Å². The first-order valence-corrected chi connectivity index (χ1v) is 7.41. The van der Waals surface area contributed by atoms with Crippen LogP contribution in [0.4, 0.5) is 5.69 Å². The number of para-hydroxylation sites is 2. The van der Waals surface area contributed by atoms with Crippen molar-refractivity contribution in [2.45, 2.75) is 50.5 Å². The van der Waals surface area contributed by atoms with Crippen LogP contribution in [0.25, 0.3) is 0 Å². The molecule has 3 heteroatoms. The number of nitrogens with one attached hydrogen (secondary N) is 1. The van der Waals surface area contributed by atoms with Gasteiger partial charge in [-0.25, -0.2) is 0 Å². The molecule has 1 aliphatic carbocycles. The van der Waals surface area contributed by atoms with Gasteiger partial charge in [0.2, 0.25) is 0 Å². The van der Waals surface area contributed by atoms with E-state index in [4.69, 9.17) is 10.5 Å². The maximum Gasteiger partial charge on any atom is 0.141 e. The summed E-state index contributed by atoms with van der Waals surface area (Å²) in [7, 11) is 1.72. The predicted octanol–water partition coefficient (Wildman–Crippen LogP) is 3.55. The molecule has 3 N–H and O–H groups in total. The van der Waals surface area contributed by atoms with Crippen molar-refractivity contribution in [2.75, 3.05) is 19.0 Å². The Morgan fingerprint density at radius 1 is 1.11 bits per heavy atom. The molecule has 0 spiro atoms. The molecule has 1 aliphatic rings. The predicted molar refractivity (Wildman–Crippen MR) is 80.7 cm³/mol. The summed E-state index contributed by atoms with van der Waals surface area (Å²) in [5.74, 6) is 0.900. The standard InChI is InChI=1S/C16H26N2O/c1-19-15-10-6-5-9-14(15)18-16(13-17)11-7-3-2-4-8-12-16/h5-6,9-10,18H,2-4,7-8,11-13,17H2,1H3. The number of hydrogen-bond donors (Lipinski definition) is 2. The quantitative estimate of drug-likeness (QED) is 0.872. The second-order valence-corrected chi connectivity index (χ2v) is 5.58. The summed E-state index contributed by atoms with van der Waals surface area (Å²) in [6.07, 6.45) is 8.86. The first-order chi connectivity index (χ1) is 9.29. The molecule has 0 aliphatic heterocycles. The Kier molecular flexibility index (Phi) is 5.08.